The minimum Gasteiger partial charge on any atom is -0.330 e. The number of hydrogen-bond donors (Lipinski definition) is 2. The Morgan fingerprint density at radius 1 is 0.903 bits per heavy atom. The van der Waals surface area contributed by atoms with Crippen molar-refractivity contribution in [3.05, 3.63) is 70.3 Å². The summed E-state index contributed by atoms with van der Waals surface area (Å²) < 4.78 is 26.0. The molecule has 0 radical (unpaired) electrons. The molecule has 0 heterocycles. The minimum atomic E-state index is -0.454. The minimum absolute atomic E-state index is 0.0923. The maximum atomic E-state index is 13.2. The number of hydrogen-bond acceptors (Lipinski definition) is 4. The highest BCUT2D eigenvalue weighted by molar-refractivity contribution is 9.08. The molecule has 0 unspecified atom stereocenters. The van der Waals surface area contributed by atoms with Gasteiger partial charge in [-0.2, -0.15) is 10.5 Å². The second kappa shape index (κ2) is 18.4. The molecule has 0 aromatic heterocycles. The molecule has 3 N–H and O–H groups in total. The van der Waals surface area contributed by atoms with Gasteiger partial charge < -0.3 is 11.1 Å². The lowest BCUT2D eigenvalue weighted by Gasteiger charge is -2.04. The Bertz CT molecular complexity index is 842. The summed E-state index contributed by atoms with van der Waals surface area (Å²) in [7, 11) is 0. The molecule has 31 heavy (non-hydrogen) atoms. The number of nitriles is 2. The smallest absolute Gasteiger partial charge is 0.141 e. The molecule has 0 aliphatic heterocycles. The molecule has 7 heteroatoms. The van der Waals surface area contributed by atoms with Crippen LogP contribution in [0, 0.1) is 34.3 Å². The predicted octanol–water partition coefficient (Wildman–Crippen LogP) is 5.92. The number of alkyl halides is 1. The molecule has 0 saturated carbocycles. The van der Waals surface area contributed by atoms with Crippen LogP contribution in [0.15, 0.2) is 36.4 Å². The largest absolute Gasteiger partial charge is 0.330 e. The second-order valence-electron chi connectivity index (χ2n) is 6.66. The molecule has 2 rings (SSSR count). The number of unbranched alkanes of at least 4 members (excludes halogenated alkanes) is 2. The van der Waals surface area contributed by atoms with Crippen LogP contribution in [0.3, 0.4) is 0 Å². The van der Waals surface area contributed by atoms with Crippen LogP contribution in [-0.2, 0) is 11.9 Å². The summed E-state index contributed by atoms with van der Waals surface area (Å²) in [6, 6.07) is 12.8. The lowest BCUT2D eigenvalue weighted by atomic mass is 10.1. The molecular formula is C24H31BrF2N4. The SMILES string of the molecule is CCCCN.CCCCNCc1ccc(C#N)c(F)c1.N#Cc1ccc(CBr)cc1F. The first kappa shape index (κ1) is 28.7. The summed E-state index contributed by atoms with van der Waals surface area (Å²) in [5.41, 5.74) is 7.05. The van der Waals surface area contributed by atoms with Gasteiger partial charge in [0.1, 0.15) is 23.8 Å². The van der Waals surface area contributed by atoms with Crippen LogP contribution in [-0.4, -0.2) is 13.1 Å². The van der Waals surface area contributed by atoms with E-state index in [-0.39, 0.29) is 11.1 Å². The van der Waals surface area contributed by atoms with Gasteiger partial charge in [0, 0.05) is 11.9 Å². The summed E-state index contributed by atoms with van der Waals surface area (Å²) in [5, 5.41) is 20.8. The van der Waals surface area contributed by atoms with E-state index in [1.54, 1.807) is 24.3 Å². The van der Waals surface area contributed by atoms with Gasteiger partial charge >= 0.3 is 0 Å². The van der Waals surface area contributed by atoms with E-state index in [0.717, 1.165) is 37.1 Å². The van der Waals surface area contributed by atoms with E-state index in [9.17, 15) is 8.78 Å². The predicted molar refractivity (Wildman–Crippen MR) is 125 cm³/mol. The van der Waals surface area contributed by atoms with Gasteiger partial charge in [-0.15, -0.1) is 0 Å². The van der Waals surface area contributed by atoms with E-state index in [0.29, 0.717) is 11.9 Å². The number of halogens is 3. The maximum absolute atomic E-state index is 13.2. The van der Waals surface area contributed by atoms with E-state index >= 15 is 0 Å². The van der Waals surface area contributed by atoms with Gasteiger partial charge in [0.2, 0.25) is 0 Å². The molecule has 0 bridgehead atoms. The number of rotatable bonds is 8. The van der Waals surface area contributed by atoms with E-state index < -0.39 is 11.6 Å². The van der Waals surface area contributed by atoms with Gasteiger partial charge in [-0.05, 0) is 61.3 Å². The molecule has 0 atom stereocenters. The number of benzene rings is 2. The van der Waals surface area contributed by atoms with Crippen LogP contribution >= 0.6 is 15.9 Å². The molecule has 0 aliphatic carbocycles. The van der Waals surface area contributed by atoms with Crippen LogP contribution in [0.2, 0.25) is 0 Å². The van der Waals surface area contributed by atoms with Gasteiger partial charge in [-0.1, -0.05) is 54.8 Å². The Hall–Kier alpha value is -2.32. The van der Waals surface area contributed by atoms with Crippen LogP contribution in [0.25, 0.3) is 0 Å². The highest BCUT2D eigenvalue weighted by atomic mass is 79.9. The number of nitrogens with zero attached hydrogens (tertiary/aromatic N) is 2. The van der Waals surface area contributed by atoms with Crippen molar-refractivity contribution in [3.63, 3.8) is 0 Å². The summed E-state index contributed by atoms with van der Waals surface area (Å²) >= 11 is 3.19. The van der Waals surface area contributed by atoms with Crippen molar-refractivity contribution in [2.24, 2.45) is 5.73 Å². The Kier molecular flexibility index (Phi) is 17.1. The van der Waals surface area contributed by atoms with Crippen LogP contribution < -0.4 is 11.1 Å². The normalized spacial score (nSPS) is 9.42. The zero-order chi connectivity index (χ0) is 23.5. The molecule has 168 valence electrons. The van der Waals surface area contributed by atoms with Crippen molar-refractivity contribution in [1.82, 2.24) is 5.32 Å². The Labute approximate surface area is 193 Å². The maximum Gasteiger partial charge on any atom is 0.141 e. The Morgan fingerprint density at radius 3 is 1.81 bits per heavy atom. The first-order chi connectivity index (χ1) is 15.0. The molecule has 2 aromatic rings. The molecule has 0 fully saturated rings. The highest BCUT2D eigenvalue weighted by Gasteiger charge is 2.02. The Balaban J connectivity index is 0.000000492. The third-order valence-electron chi connectivity index (χ3n) is 4.06. The van der Waals surface area contributed by atoms with E-state index in [2.05, 4.69) is 35.1 Å². The lowest BCUT2D eigenvalue weighted by molar-refractivity contribution is 0.611. The van der Waals surface area contributed by atoms with Crippen LogP contribution in [0.5, 0.6) is 0 Å². The quantitative estimate of drug-likeness (QED) is 0.353. The van der Waals surface area contributed by atoms with Gasteiger partial charge in [-0.25, -0.2) is 8.78 Å². The summed E-state index contributed by atoms with van der Waals surface area (Å²) in [4.78, 5) is 0. The molecular weight excluding hydrogens is 462 g/mol. The van der Waals surface area contributed by atoms with Crippen LogP contribution in [0.1, 0.15) is 61.8 Å². The zero-order valence-electron chi connectivity index (χ0n) is 18.2. The fraction of sp³-hybridized carbons (Fsp3) is 0.417. The number of nitrogens with two attached hydrogens (primary N) is 1. The van der Waals surface area contributed by atoms with E-state index in [4.69, 9.17) is 16.3 Å². The Morgan fingerprint density at radius 2 is 1.42 bits per heavy atom. The summed E-state index contributed by atoms with van der Waals surface area (Å²) in [6.07, 6.45) is 4.66. The van der Waals surface area contributed by atoms with Gasteiger partial charge in [-0.3, -0.25) is 0 Å². The molecule has 0 aliphatic rings. The van der Waals surface area contributed by atoms with Crippen molar-refractivity contribution in [2.75, 3.05) is 13.1 Å². The monoisotopic (exact) mass is 492 g/mol. The topological polar surface area (TPSA) is 85.6 Å². The standard InChI is InChI=1S/C12H15FN2.C8H5BrFN.C4H11N/c1-2-3-6-15-9-10-4-5-11(8-14)12(13)7-10;9-4-6-1-2-7(5-11)8(10)3-6;1-2-3-4-5/h4-5,7,15H,2-3,6,9H2,1H3;1-3H,4H2;2-5H2,1H3. The second-order valence-corrected chi connectivity index (χ2v) is 7.22. The average Bonchev–Trinajstić information content (AvgIpc) is 2.78. The summed E-state index contributed by atoms with van der Waals surface area (Å²) in [5.74, 6) is -0.892. The molecule has 4 nitrogen and oxygen atoms in total. The van der Waals surface area contributed by atoms with Crippen molar-refractivity contribution in [2.45, 2.75) is 51.4 Å². The summed E-state index contributed by atoms with van der Waals surface area (Å²) in [6.45, 7) is 6.70. The highest BCUT2D eigenvalue weighted by Crippen LogP contribution is 2.11. The average molecular weight is 493 g/mol. The van der Waals surface area contributed by atoms with Crippen molar-refractivity contribution in [1.29, 1.82) is 10.5 Å². The molecule has 0 amide bonds. The number of nitrogens with one attached hydrogen (secondary N) is 1. The fourth-order valence-corrected chi connectivity index (χ4v) is 2.58. The third kappa shape index (κ3) is 12.9. The van der Waals surface area contributed by atoms with E-state index in [1.807, 2.05) is 0 Å². The first-order valence-electron chi connectivity index (χ1n) is 10.3. The fourth-order valence-electron chi connectivity index (χ4n) is 2.23. The van der Waals surface area contributed by atoms with Crippen molar-refractivity contribution >= 4 is 15.9 Å². The van der Waals surface area contributed by atoms with Gasteiger partial charge in [0.25, 0.3) is 0 Å². The van der Waals surface area contributed by atoms with Gasteiger partial charge in [0.05, 0.1) is 11.1 Å². The van der Waals surface area contributed by atoms with Gasteiger partial charge in [0.15, 0.2) is 0 Å². The molecule has 0 spiro atoms. The zero-order valence-corrected chi connectivity index (χ0v) is 19.8. The molecule has 0 saturated heterocycles. The molecule has 2 aromatic carbocycles. The first-order valence-corrected chi connectivity index (χ1v) is 11.4. The lowest BCUT2D eigenvalue weighted by Crippen LogP contribution is -2.14. The van der Waals surface area contributed by atoms with Crippen LogP contribution in [0.4, 0.5) is 8.78 Å². The third-order valence-corrected chi connectivity index (χ3v) is 4.70. The van der Waals surface area contributed by atoms with Crippen molar-refractivity contribution < 1.29 is 8.78 Å². The van der Waals surface area contributed by atoms with Crippen molar-refractivity contribution in [3.8, 4) is 12.1 Å². The van der Waals surface area contributed by atoms with E-state index in [1.165, 1.54) is 37.1 Å².